The second-order valence-corrected chi connectivity index (χ2v) is 5.45. The van der Waals surface area contributed by atoms with Crippen LogP contribution in [0.25, 0.3) is 0 Å². The predicted molar refractivity (Wildman–Crippen MR) is 71.3 cm³/mol. The maximum atomic E-state index is 12.9. The van der Waals surface area contributed by atoms with Gasteiger partial charge in [0.05, 0.1) is 7.11 Å². The molecule has 1 N–H and O–H groups in total. The number of hydrogen-bond acceptors (Lipinski definition) is 3. The van der Waals surface area contributed by atoms with Crippen LogP contribution in [0.4, 0.5) is 4.39 Å². The predicted octanol–water partition coefficient (Wildman–Crippen LogP) is 2.30. The van der Waals surface area contributed by atoms with E-state index < -0.39 is 5.54 Å². The fraction of sp³-hybridized carbons (Fsp3) is 0.533. The first-order chi connectivity index (χ1) is 9.03. The van der Waals surface area contributed by atoms with Crippen molar-refractivity contribution < 1.29 is 13.9 Å². The van der Waals surface area contributed by atoms with Gasteiger partial charge in [-0.2, -0.15) is 0 Å². The molecule has 1 atom stereocenters. The van der Waals surface area contributed by atoms with Gasteiger partial charge in [-0.05, 0) is 49.9 Å². The van der Waals surface area contributed by atoms with Crippen LogP contribution in [-0.2, 0) is 16.0 Å². The molecule has 2 rings (SSSR count). The lowest BCUT2D eigenvalue weighted by molar-refractivity contribution is -0.147. The third-order valence-electron chi connectivity index (χ3n) is 3.58. The van der Waals surface area contributed by atoms with E-state index in [1.54, 1.807) is 12.1 Å². The molecule has 0 radical (unpaired) electrons. The molecule has 0 aromatic heterocycles. The molecule has 1 fully saturated rings. The Morgan fingerprint density at radius 1 is 1.42 bits per heavy atom. The van der Waals surface area contributed by atoms with E-state index >= 15 is 0 Å². The van der Waals surface area contributed by atoms with Gasteiger partial charge in [-0.1, -0.05) is 12.1 Å². The molecule has 1 saturated carbocycles. The summed E-state index contributed by atoms with van der Waals surface area (Å²) in [6.45, 7) is 2.66. The van der Waals surface area contributed by atoms with E-state index in [9.17, 15) is 9.18 Å². The number of ether oxygens (including phenoxy) is 1. The topological polar surface area (TPSA) is 38.3 Å². The van der Waals surface area contributed by atoms with Crippen LogP contribution in [0.3, 0.4) is 0 Å². The van der Waals surface area contributed by atoms with Gasteiger partial charge in [-0.3, -0.25) is 4.79 Å². The smallest absolute Gasteiger partial charge is 0.326 e. The van der Waals surface area contributed by atoms with Crippen LogP contribution in [0.15, 0.2) is 24.3 Å². The number of nitrogens with one attached hydrogen (secondary N) is 1. The summed E-state index contributed by atoms with van der Waals surface area (Å²) in [7, 11) is 1.39. The molecule has 3 nitrogen and oxygen atoms in total. The molecule has 0 heterocycles. The van der Waals surface area contributed by atoms with Crippen molar-refractivity contribution in [1.82, 2.24) is 5.32 Å². The highest BCUT2D eigenvalue weighted by molar-refractivity contribution is 5.80. The molecule has 104 valence electrons. The lowest BCUT2D eigenvalue weighted by atomic mass is 9.92. The molecule has 1 aliphatic carbocycles. The third-order valence-corrected chi connectivity index (χ3v) is 3.58. The lowest BCUT2D eigenvalue weighted by Crippen LogP contribution is -2.52. The van der Waals surface area contributed by atoms with E-state index in [1.807, 2.05) is 6.92 Å². The van der Waals surface area contributed by atoms with Gasteiger partial charge in [0.25, 0.3) is 0 Å². The van der Waals surface area contributed by atoms with Crippen LogP contribution in [0.1, 0.15) is 25.3 Å². The monoisotopic (exact) mass is 265 g/mol. The number of halogens is 1. The van der Waals surface area contributed by atoms with Crippen LogP contribution in [0.5, 0.6) is 0 Å². The minimum absolute atomic E-state index is 0.269. The van der Waals surface area contributed by atoms with Gasteiger partial charge in [0.1, 0.15) is 11.4 Å². The van der Waals surface area contributed by atoms with Crippen LogP contribution in [0.2, 0.25) is 0 Å². The summed E-state index contributed by atoms with van der Waals surface area (Å²) < 4.78 is 17.8. The van der Waals surface area contributed by atoms with Gasteiger partial charge in [-0.25, -0.2) is 4.39 Å². The molecule has 4 heteroatoms. The second kappa shape index (κ2) is 5.70. The summed E-state index contributed by atoms with van der Waals surface area (Å²) in [5, 5.41) is 3.30. The zero-order valence-corrected chi connectivity index (χ0v) is 11.4. The Hall–Kier alpha value is -1.42. The lowest BCUT2D eigenvalue weighted by Gasteiger charge is -2.28. The Morgan fingerprint density at radius 2 is 2.05 bits per heavy atom. The van der Waals surface area contributed by atoms with Crippen LogP contribution in [-0.4, -0.2) is 25.2 Å². The summed E-state index contributed by atoms with van der Waals surface area (Å²) in [5.74, 6) is 0.129. The number of methoxy groups -OCH3 is 1. The fourth-order valence-electron chi connectivity index (χ4n) is 2.13. The van der Waals surface area contributed by atoms with E-state index in [0.717, 1.165) is 12.1 Å². The summed E-state index contributed by atoms with van der Waals surface area (Å²) in [4.78, 5) is 12.0. The quantitative estimate of drug-likeness (QED) is 0.802. The highest BCUT2D eigenvalue weighted by Crippen LogP contribution is 2.29. The van der Waals surface area contributed by atoms with Crippen LogP contribution >= 0.6 is 0 Å². The molecule has 0 spiro atoms. The van der Waals surface area contributed by atoms with Gasteiger partial charge in [-0.15, -0.1) is 0 Å². The highest BCUT2D eigenvalue weighted by Gasteiger charge is 2.36. The SMILES string of the molecule is COC(=O)C(C)(Cc1ccc(F)cc1)NCC1CC1. The summed E-state index contributed by atoms with van der Waals surface area (Å²) in [6.07, 6.45) is 2.94. The zero-order valence-electron chi connectivity index (χ0n) is 11.4. The molecule has 0 bridgehead atoms. The van der Waals surface area contributed by atoms with E-state index in [0.29, 0.717) is 12.3 Å². The van der Waals surface area contributed by atoms with Crippen molar-refractivity contribution in [3.63, 3.8) is 0 Å². The standard InChI is InChI=1S/C15H20FNO2/c1-15(14(18)19-2,17-10-12-3-4-12)9-11-5-7-13(16)8-6-11/h5-8,12,17H,3-4,9-10H2,1-2H3. The van der Waals surface area contributed by atoms with Crippen LogP contribution in [0, 0.1) is 11.7 Å². The number of rotatable bonds is 6. The Labute approximate surface area is 113 Å². The van der Waals surface area contributed by atoms with Crippen molar-refractivity contribution >= 4 is 5.97 Å². The summed E-state index contributed by atoms with van der Waals surface area (Å²) >= 11 is 0. The van der Waals surface area contributed by atoms with Crippen molar-refractivity contribution in [3.8, 4) is 0 Å². The fourth-order valence-corrected chi connectivity index (χ4v) is 2.13. The van der Waals surface area contributed by atoms with E-state index in [2.05, 4.69) is 5.32 Å². The van der Waals surface area contributed by atoms with E-state index in [1.165, 1.54) is 32.1 Å². The maximum absolute atomic E-state index is 12.9. The molecule has 0 amide bonds. The van der Waals surface area contributed by atoms with E-state index in [4.69, 9.17) is 4.74 Å². The number of hydrogen-bond donors (Lipinski definition) is 1. The largest absolute Gasteiger partial charge is 0.468 e. The number of carbonyl (C=O) groups excluding carboxylic acids is 1. The first kappa shape index (κ1) is 14.0. The molecule has 0 saturated heterocycles. The molecule has 19 heavy (non-hydrogen) atoms. The van der Waals surface area contributed by atoms with E-state index in [-0.39, 0.29) is 11.8 Å². The summed E-state index contributed by atoms with van der Waals surface area (Å²) in [6, 6.07) is 6.23. The van der Waals surface area contributed by atoms with Crippen molar-refractivity contribution in [2.24, 2.45) is 5.92 Å². The molecule has 1 aromatic carbocycles. The molecule has 1 unspecified atom stereocenters. The number of benzene rings is 1. The Bertz CT molecular complexity index is 442. The number of carbonyl (C=O) groups is 1. The van der Waals surface area contributed by atoms with Gasteiger partial charge in [0.15, 0.2) is 0 Å². The number of esters is 1. The third kappa shape index (κ3) is 3.77. The Kier molecular flexibility index (Phi) is 4.20. The molecular weight excluding hydrogens is 245 g/mol. The minimum atomic E-state index is -0.755. The first-order valence-corrected chi connectivity index (χ1v) is 6.61. The summed E-state index contributed by atoms with van der Waals surface area (Å²) in [5.41, 5.74) is 0.160. The maximum Gasteiger partial charge on any atom is 0.326 e. The molecular formula is C15H20FNO2. The van der Waals surface area contributed by atoms with Crippen molar-refractivity contribution in [3.05, 3.63) is 35.6 Å². The van der Waals surface area contributed by atoms with Gasteiger partial charge in [0, 0.05) is 6.42 Å². The van der Waals surface area contributed by atoms with Gasteiger partial charge >= 0.3 is 5.97 Å². The van der Waals surface area contributed by atoms with Crippen molar-refractivity contribution in [2.45, 2.75) is 31.7 Å². The van der Waals surface area contributed by atoms with Crippen LogP contribution < -0.4 is 5.32 Å². The zero-order chi connectivity index (χ0) is 13.9. The molecule has 0 aliphatic heterocycles. The van der Waals surface area contributed by atoms with Gasteiger partial charge < -0.3 is 10.1 Å². The normalized spacial score (nSPS) is 17.8. The Balaban J connectivity index is 2.06. The van der Waals surface area contributed by atoms with Crippen molar-refractivity contribution in [2.75, 3.05) is 13.7 Å². The minimum Gasteiger partial charge on any atom is -0.468 e. The molecule has 1 aliphatic rings. The Morgan fingerprint density at radius 3 is 2.58 bits per heavy atom. The van der Waals surface area contributed by atoms with Crippen molar-refractivity contribution in [1.29, 1.82) is 0 Å². The van der Waals surface area contributed by atoms with Gasteiger partial charge in [0.2, 0.25) is 0 Å². The molecule has 1 aromatic rings. The first-order valence-electron chi connectivity index (χ1n) is 6.61. The average Bonchev–Trinajstić information content (AvgIpc) is 3.22. The second-order valence-electron chi connectivity index (χ2n) is 5.45. The average molecular weight is 265 g/mol. The highest BCUT2D eigenvalue weighted by atomic mass is 19.1.